The summed E-state index contributed by atoms with van der Waals surface area (Å²) in [6.07, 6.45) is 0. The summed E-state index contributed by atoms with van der Waals surface area (Å²) in [5, 5.41) is 3.23. The van der Waals surface area contributed by atoms with Crippen LogP contribution >= 0.6 is 0 Å². The summed E-state index contributed by atoms with van der Waals surface area (Å²) in [5.41, 5.74) is 3.09. The molecule has 20 heavy (non-hydrogen) atoms. The average molecular weight is 277 g/mol. The predicted molar refractivity (Wildman–Crippen MR) is 74.8 cm³/mol. The van der Waals surface area contributed by atoms with Gasteiger partial charge in [-0.2, -0.15) is 8.78 Å². The zero-order valence-corrected chi connectivity index (χ0v) is 11.3. The summed E-state index contributed by atoms with van der Waals surface area (Å²) in [6, 6.07) is 15.0. The number of para-hydroxylation sites is 1. The zero-order chi connectivity index (χ0) is 14.4. The first-order valence-corrected chi connectivity index (χ1v) is 6.44. The predicted octanol–water partition coefficient (Wildman–Crippen LogP) is 3.89. The number of ether oxygens (including phenoxy) is 1. The van der Waals surface area contributed by atoms with Crippen LogP contribution in [0.25, 0.3) is 0 Å². The van der Waals surface area contributed by atoms with Crippen molar-refractivity contribution in [2.75, 3.05) is 0 Å². The van der Waals surface area contributed by atoms with E-state index in [1.807, 2.05) is 31.2 Å². The Hall–Kier alpha value is -1.94. The van der Waals surface area contributed by atoms with E-state index in [4.69, 9.17) is 0 Å². The van der Waals surface area contributed by atoms with E-state index in [0.717, 1.165) is 11.1 Å². The van der Waals surface area contributed by atoms with Gasteiger partial charge in [-0.1, -0.05) is 48.0 Å². The van der Waals surface area contributed by atoms with Crippen molar-refractivity contribution in [3.63, 3.8) is 0 Å². The molecule has 106 valence electrons. The summed E-state index contributed by atoms with van der Waals surface area (Å²) in [6.45, 7) is 0.407. The molecule has 0 amide bonds. The fraction of sp³-hybridized carbons (Fsp3) is 0.250. The number of hydrogen-bond acceptors (Lipinski definition) is 2. The Morgan fingerprint density at radius 3 is 2.60 bits per heavy atom. The van der Waals surface area contributed by atoms with Gasteiger partial charge in [-0.25, -0.2) is 0 Å². The van der Waals surface area contributed by atoms with Gasteiger partial charge in [0.25, 0.3) is 0 Å². The molecule has 4 heteroatoms. The highest BCUT2D eigenvalue weighted by molar-refractivity contribution is 5.33. The molecule has 0 bridgehead atoms. The number of nitrogens with one attached hydrogen (secondary N) is 1. The fourth-order valence-electron chi connectivity index (χ4n) is 2.02. The lowest BCUT2D eigenvalue weighted by Gasteiger charge is -2.11. The van der Waals surface area contributed by atoms with Crippen LogP contribution in [-0.2, 0) is 13.1 Å². The van der Waals surface area contributed by atoms with Crippen LogP contribution in [0.5, 0.6) is 5.75 Å². The SMILES string of the molecule is Cc1cccc(CNCc2ccccc2OC(F)F)c1. The van der Waals surface area contributed by atoms with E-state index >= 15 is 0 Å². The van der Waals surface area contributed by atoms with Crippen molar-refractivity contribution >= 4 is 0 Å². The standard InChI is InChI=1S/C16H17F2NO/c1-12-5-4-6-13(9-12)10-19-11-14-7-2-3-8-15(14)20-16(17)18/h2-9,16,19H,10-11H2,1H3. The monoisotopic (exact) mass is 277 g/mol. The minimum Gasteiger partial charge on any atom is -0.434 e. The lowest BCUT2D eigenvalue weighted by Crippen LogP contribution is -2.14. The van der Waals surface area contributed by atoms with Crippen LogP contribution in [0.3, 0.4) is 0 Å². The summed E-state index contributed by atoms with van der Waals surface area (Å²) in [5.74, 6) is 0.222. The molecule has 0 fully saturated rings. The van der Waals surface area contributed by atoms with Gasteiger partial charge < -0.3 is 10.1 Å². The molecule has 0 radical (unpaired) electrons. The van der Waals surface area contributed by atoms with Crippen molar-refractivity contribution in [1.82, 2.24) is 5.32 Å². The first kappa shape index (κ1) is 14.5. The van der Waals surface area contributed by atoms with E-state index < -0.39 is 6.61 Å². The average Bonchev–Trinajstić information content (AvgIpc) is 2.40. The normalized spacial score (nSPS) is 10.8. The second kappa shape index (κ2) is 7.01. The van der Waals surface area contributed by atoms with Crippen LogP contribution in [0.15, 0.2) is 48.5 Å². The van der Waals surface area contributed by atoms with Crippen LogP contribution in [0, 0.1) is 6.92 Å². The largest absolute Gasteiger partial charge is 0.434 e. The smallest absolute Gasteiger partial charge is 0.387 e. The highest BCUT2D eigenvalue weighted by atomic mass is 19.3. The van der Waals surface area contributed by atoms with Crippen LogP contribution in [0.4, 0.5) is 8.78 Å². The number of alkyl halides is 2. The summed E-state index contributed by atoms with van der Waals surface area (Å²) < 4.78 is 29.1. The Kier molecular flexibility index (Phi) is 5.07. The molecular formula is C16H17F2NO. The molecule has 0 aliphatic heterocycles. The minimum absolute atomic E-state index is 0.222. The minimum atomic E-state index is -2.80. The molecule has 2 aromatic rings. The fourth-order valence-corrected chi connectivity index (χ4v) is 2.02. The molecule has 0 saturated heterocycles. The quantitative estimate of drug-likeness (QED) is 0.865. The van der Waals surface area contributed by atoms with Gasteiger partial charge in [0.05, 0.1) is 0 Å². The first-order valence-electron chi connectivity index (χ1n) is 6.44. The van der Waals surface area contributed by atoms with Crippen LogP contribution in [0.1, 0.15) is 16.7 Å². The molecule has 0 atom stereocenters. The molecule has 2 aromatic carbocycles. The summed E-state index contributed by atoms with van der Waals surface area (Å²) in [7, 11) is 0. The maximum Gasteiger partial charge on any atom is 0.387 e. The molecule has 2 nitrogen and oxygen atoms in total. The van der Waals surface area contributed by atoms with E-state index in [9.17, 15) is 8.78 Å². The second-order valence-electron chi connectivity index (χ2n) is 4.58. The third-order valence-electron chi connectivity index (χ3n) is 2.92. The van der Waals surface area contributed by atoms with E-state index in [0.29, 0.717) is 13.1 Å². The Balaban J connectivity index is 1.94. The zero-order valence-electron chi connectivity index (χ0n) is 11.3. The highest BCUT2D eigenvalue weighted by Gasteiger charge is 2.08. The van der Waals surface area contributed by atoms with Crippen LogP contribution in [-0.4, -0.2) is 6.61 Å². The van der Waals surface area contributed by atoms with Gasteiger partial charge in [0.1, 0.15) is 5.75 Å². The van der Waals surface area contributed by atoms with Crippen LogP contribution in [0.2, 0.25) is 0 Å². The molecule has 0 heterocycles. The number of benzene rings is 2. The topological polar surface area (TPSA) is 21.3 Å². The van der Waals surface area contributed by atoms with Crippen molar-refractivity contribution in [1.29, 1.82) is 0 Å². The van der Waals surface area contributed by atoms with Crippen molar-refractivity contribution in [2.45, 2.75) is 26.6 Å². The maximum absolute atomic E-state index is 12.3. The van der Waals surface area contributed by atoms with Gasteiger partial charge in [0.15, 0.2) is 0 Å². The van der Waals surface area contributed by atoms with E-state index in [1.54, 1.807) is 18.2 Å². The van der Waals surface area contributed by atoms with Gasteiger partial charge in [0, 0.05) is 18.7 Å². The number of halogens is 2. The lowest BCUT2D eigenvalue weighted by molar-refractivity contribution is -0.0505. The molecular weight excluding hydrogens is 260 g/mol. The third-order valence-corrected chi connectivity index (χ3v) is 2.92. The Morgan fingerprint density at radius 1 is 1.05 bits per heavy atom. The summed E-state index contributed by atoms with van der Waals surface area (Å²) in [4.78, 5) is 0. The molecule has 0 unspecified atom stereocenters. The molecule has 0 aliphatic carbocycles. The Labute approximate surface area is 117 Å². The van der Waals surface area contributed by atoms with Gasteiger partial charge >= 0.3 is 6.61 Å². The molecule has 2 rings (SSSR count). The Bertz CT molecular complexity index is 558. The van der Waals surface area contributed by atoms with Crippen molar-refractivity contribution < 1.29 is 13.5 Å². The molecule has 0 saturated carbocycles. The van der Waals surface area contributed by atoms with Gasteiger partial charge in [-0.3, -0.25) is 0 Å². The van der Waals surface area contributed by atoms with Gasteiger partial charge in [0.2, 0.25) is 0 Å². The second-order valence-corrected chi connectivity index (χ2v) is 4.58. The molecule has 0 spiro atoms. The van der Waals surface area contributed by atoms with E-state index in [-0.39, 0.29) is 5.75 Å². The van der Waals surface area contributed by atoms with Gasteiger partial charge in [-0.05, 0) is 18.6 Å². The molecule has 0 aliphatic rings. The maximum atomic E-state index is 12.3. The molecule has 1 N–H and O–H groups in total. The highest BCUT2D eigenvalue weighted by Crippen LogP contribution is 2.20. The van der Waals surface area contributed by atoms with E-state index in [1.165, 1.54) is 5.56 Å². The lowest BCUT2D eigenvalue weighted by atomic mass is 10.1. The third kappa shape index (κ3) is 4.31. The van der Waals surface area contributed by atoms with Crippen molar-refractivity contribution in [2.24, 2.45) is 0 Å². The van der Waals surface area contributed by atoms with Crippen LogP contribution < -0.4 is 10.1 Å². The summed E-state index contributed by atoms with van der Waals surface area (Å²) >= 11 is 0. The number of hydrogen-bond donors (Lipinski definition) is 1. The molecule has 0 aromatic heterocycles. The van der Waals surface area contributed by atoms with Crippen molar-refractivity contribution in [3.05, 3.63) is 65.2 Å². The van der Waals surface area contributed by atoms with Gasteiger partial charge in [-0.15, -0.1) is 0 Å². The number of rotatable bonds is 6. The van der Waals surface area contributed by atoms with E-state index in [2.05, 4.69) is 16.1 Å². The van der Waals surface area contributed by atoms with Crippen molar-refractivity contribution in [3.8, 4) is 5.75 Å². The number of aryl methyl sites for hydroxylation is 1. The first-order chi connectivity index (χ1) is 9.65. The Morgan fingerprint density at radius 2 is 1.85 bits per heavy atom.